The normalized spacial score (nSPS) is 30.2. The maximum atomic E-state index is 12.1. The number of rotatable bonds is 4. The highest BCUT2D eigenvalue weighted by atomic mass is 35.5. The van der Waals surface area contributed by atoms with E-state index in [9.17, 15) is 8.42 Å². The zero-order valence-corrected chi connectivity index (χ0v) is 11.6. The summed E-state index contributed by atoms with van der Waals surface area (Å²) < 4.78 is 31.1. The van der Waals surface area contributed by atoms with Crippen LogP contribution in [0.3, 0.4) is 0 Å². The summed E-state index contributed by atoms with van der Waals surface area (Å²) in [5.74, 6) is 0.477. The van der Waals surface area contributed by atoms with Gasteiger partial charge in [0.2, 0.25) is 10.0 Å². The average Bonchev–Trinajstić information content (AvgIpc) is 2.15. The fourth-order valence-corrected chi connectivity index (χ4v) is 4.03. The Morgan fingerprint density at radius 1 is 1.38 bits per heavy atom. The minimum atomic E-state index is -3.19. The van der Waals surface area contributed by atoms with E-state index < -0.39 is 10.0 Å². The van der Waals surface area contributed by atoms with Gasteiger partial charge in [-0.25, -0.2) is 8.42 Å². The highest BCUT2D eigenvalue weighted by Gasteiger charge is 2.31. The summed E-state index contributed by atoms with van der Waals surface area (Å²) >= 11 is 5.65. The van der Waals surface area contributed by atoms with Gasteiger partial charge in [0.25, 0.3) is 0 Å². The summed E-state index contributed by atoms with van der Waals surface area (Å²) in [6.45, 7) is 6.52. The number of morpholine rings is 1. The molecule has 6 heteroatoms. The van der Waals surface area contributed by atoms with Crippen LogP contribution in [0, 0.1) is 5.92 Å². The topological polar surface area (TPSA) is 46.6 Å². The number of hydrogen-bond donors (Lipinski definition) is 0. The van der Waals surface area contributed by atoms with Crippen LogP contribution in [0.15, 0.2) is 0 Å². The summed E-state index contributed by atoms with van der Waals surface area (Å²) in [5.41, 5.74) is 0. The van der Waals surface area contributed by atoms with Crippen LogP contribution in [0.4, 0.5) is 0 Å². The first kappa shape index (κ1) is 14.2. The van der Waals surface area contributed by atoms with Gasteiger partial charge in [-0.1, -0.05) is 6.92 Å². The van der Waals surface area contributed by atoms with Gasteiger partial charge in [0, 0.05) is 19.0 Å². The first-order valence-corrected chi connectivity index (χ1v) is 7.68. The van der Waals surface area contributed by atoms with Crippen molar-refractivity contribution in [2.45, 2.75) is 33.0 Å². The van der Waals surface area contributed by atoms with Crippen LogP contribution in [0.5, 0.6) is 0 Å². The van der Waals surface area contributed by atoms with Gasteiger partial charge in [0.05, 0.1) is 18.0 Å². The van der Waals surface area contributed by atoms with Crippen LogP contribution >= 0.6 is 11.6 Å². The largest absolute Gasteiger partial charge is 0.373 e. The molecule has 1 saturated heterocycles. The Balaban J connectivity index is 2.67. The Hall–Kier alpha value is 0.160. The van der Waals surface area contributed by atoms with Crippen molar-refractivity contribution in [2.24, 2.45) is 5.92 Å². The van der Waals surface area contributed by atoms with Crippen molar-refractivity contribution in [3.05, 3.63) is 0 Å². The van der Waals surface area contributed by atoms with Crippen molar-refractivity contribution in [1.82, 2.24) is 4.31 Å². The van der Waals surface area contributed by atoms with Gasteiger partial charge in [-0.15, -0.1) is 11.6 Å². The number of halogens is 1. The maximum Gasteiger partial charge on any atom is 0.214 e. The standard InChI is InChI=1S/C10H20ClNO3S/c1-8(4-11)7-16(13,14)12-5-9(2)15-10(3)6-12/h8-10H,4-7H2,1-3H3. The van der Waals surface area contributed by atoms with E-state index in [1.165, 1.54) is 4.31 Å². The Morgan fingerprint density at radius 3 is 2.31 bits per heavy atom. The third kappa shape index (κ3) is 3.87. The molecular formula is C10H20ClNO3S. The third-order valence-electron chi connectivity index (χ3n) is 2.54. The fraction of sp³-hybridized carbons (Fsp3) is 1.00. The van der Waals surface area contributed by atoms with E-state index in [0.29, 0.717) is 19.0 Å². The zero-order chi connectivity index (χ0) is 12.3. The lowest BCUT2D eigenvalue weighted by molar-refractivity contribution is -0.0441. The smallest absolute Gasteiger partial charge is 0.214 e. The van der Waals surface area contributed by atoms with Crippen molar-refractivity contribution in [2.75, 3.05) is 24.7 Å². The first-order valence-electron chi connectivity index (χ1n) is 5.54. The van der Waals surface area contributed by atoms with Crippen LogP contribution in [0.2, 0.25) is 0 Å². The molecule has 0 N–H and O–H groups in total. The van der Waals surface area contributed by atoms with Crippen LogP contribution in [0.1, 0.15) is 20.8 Å². The molecule has 16 heavy (non-hydrogen) atoms. The summed E-state index contributed by atoms with van der Waals surface area (Å²) in [6.07, 6.45) is -0.0744. The van der Waals surface area contributed by atoms with E-state index in [-0.39, 0.29) is 23.9 Å². The molecule has 3 atom stereocenters. The molecule has 0 aromatic carbocycles. The Labute approximate surface area is 103 Å². The highest BCUT2D eigenvalue weighted by Crippen LogP contribution is 2.16. The van der Waals surface area contributed by atoms with Crippen LogP contribution < -0.4 is 0 Å². The number of nitrogens with zero attached hydrogens (tertiary/aromatic N) is 1. The fourth-order valence-electron chi connectivity index (χ4n) is 1.87. The Morgan fingerprint density at radius 2 is 1.88 bits per heavy atom. The Kier molecular flexibility index (Phi) is 5.04. The van der Waals surface area contributed by atoms with Crippen LogP contribution in [-0.2, 0) is 14.8 Å². The molecule has 0 aliphatic carbocycles. The third-order valence-corrected chi connectivity index (χ3v) is 5.14. The molecule has 0 amide bonds. The van der Waals surface area contributed by atoms with E-state index in [4.69, 9.17) is 16.3 Å². The molecule has 0 aromatic heterocycles. The SMILES string of the molecule is CC(CCl)CS(=O)(=O)N1CC(C)OC(C)C1. The predicted molar refractivity (Wildman–Crippen MR) is 65.3 cm³/mol. The molecular weight excluding hydrogens is 250 g/mol. The first-order chi connectivity index (χ1) is 7.35. The molecule has 1 rings (SSSR count). The number of hydrogen-bond acceptors (Lipinski definition) is 3. The van der Waals surface area contributed by atoms with Gasteiger partial charge < -0.3 is 4.74 Å². The van der Waals surface area contributed by atoms with Gasteiger partial charge in [-0.05, 0) is 19.8 Å². The second-order valence-corrected chi connectivity index (χ2v) is 6.93. The van der Waals surface area contributed by atoms with Gasteiger partial charge in [0.15, 0.2) is 0 Å². The lowest BCUT2D eigenvalue weighted by Crippen LogP contribution is -2.49. The van der Waals surface area contributed by atoms with Gasteiger partial charge in [0.1, 0.15) is 0 Å². The van der Waals surface area contributed by atoms with Crippen molar-refractivity contribution >= 4 is 21.6 Å². The molecule has 0 bridgehead atoms. The van der Waals surface area contributed by atoms with Crippen molar-refractivity contribution in [3.63, 3.8) is 0 Å². The summed E-state index contributed by atoms with van der Waals surface area (Å²) in [6, 6.07) is 0. The molecule has 0 radical (unpaired) electrons. The van der Waals surface area contributed by atoms with E-state index in [1.807, 2.05) is 20.8 Å². The van der Waals surface area contributed by atoms with Crippen molar-refractivity contribution in [3.8, 4) is 0 Å². The minimum absolute atomic E-state index is 0.0138. The second kappa shape index (κ2) is 5.67. The molecule has 3 unspecified atom stereocenters. The van der Waals surface area contributed by atoms with Crippen molar-refractivity contribution < 1.29 is 13.2 Å². The second-order valence-electron chi connectivity index (χ2n) is 4.61. The average molecular weight is 270 g/mol. The lowest BCUT2D eigenvalue weighted by Gasteiger charge is -2.34. The lowest BCUT2D eigenvalue weighted by atomic mass is 10.3. The molecule has 0 saturated carbocycles. The molecule has 1 aliphatic heterocycles. The van der Waals surface area contributed by atoms with Crippen molar-refractivity contribution in [1.29, 1.82) is 0 Å². The predicted octanol–water partition coefficient (Wildman–Crippen LogP) is 1.30. The number of ether oxygens (including phenoxy) is 1. The molecule has 1 heterocycles. The van der Waals surface area contributed by atoms with E-state index >= 15 is 0 Å². The quantitative estimate of drug-likeness (QED) is 0.723. The molecule has 96 valence electrons. The number of sulfonamides is 1. The molecule has 0 aromatic rings. The maximum absolute atomic E-state index is 12.1. The van der Waals surface area contributed by atoms with E-state index in [2.05, 4.69) is 0 Å². The Bertz CT molecular complexity index is 310. The van der Waals surface area contributed by atoms with Gasteiger partial charge >= 0.3 is 0 Å². The van der Waals surface area contributed by atoms with E-state index in [0.717, 1.165) is 0 Å². The van der Waals surface area contributed by atoms with Crippen LogP contribution in [-0.4, -0.2) is 49.7 Å². The summed E-state index contributed by atoms with van der Waals surface area (Å²) in [4.78, 5) is 0. The summed E-state index contributed by atoms with van der Waals surface area (Å²) in [5, 5.41) is 0. The molecule has 1 fully saturated rings. The summed E-state index contributed by atoms with van der Waals surface area (Å²) in [7, 11) is -3.19. The molecule has 1 aliphatic rings. The molecule has 4 nitrogen and oxygen atoms in total. The van der Waals surface area contributed by atoms with E-state index in [1.54, 1.807) is 0 Å². The molecule has 0 spiro atoms. The van der Waals surface area contributed by atoms with Gasteiger partial charge in [-0.2, -0.15) is 4.31 Å². The highest BCUT2D eigenvalue weighted by molar-refractivity contribution is 7.89. The van der Waals surface area contributed by atoms with Crippen LogP contribution in [0.25, 0.3) is 0 Å². The van der Waals surface area contributed by atoms with Gasteiger partial charge in [-0.3, -0.25) is 0 Å². The number of alkyl halides is 1. The minimum Gasteiger partial charge on any atom is -0.373 e. The monoisotopic (exact) mass is 269 g/mol. The zero-order valence-electron chi connectivity index (χ0n) is 10.0.